The number of hydrogen-bond donors (Lipinski definition) is 2. The van der Waals surface area contributed by atoms with Crippen LogP contribution in [0.4, 0.5) is 11.4 Å². The number of carboxylic acid groups (broad SMARTS) is 1. The summed E-state index contributed by atoms with van der Waals surface area (Å²) >= 11 is 0. The van der Waals surface area contributed by atoms with E-state index in [2.05, 4.69) is 5.32 Å². The number of nitrogens with one attached hydrogen (secondary N) is 1. The van der Waals surface area contributed by atoms with Crippen LogP contribution in [0.1, 0.15) is 36.0 Å². The van der Waals surface area contributed by atoms with Crippen LogP contribution in [0.5, 0.6) is 0 Å². The average molecular weight is 294 g/mol. The third-order valence-electron chi connectivity index (χ3n) is 3.51. The van der Waals surface area contributed by atoms with Gasteiger partial charge in [-0.05, 0) is 25.0 Å². The topological polar surface area (TPSA) is 102 Å². The summed E-state index contributed by atoms with van der Waals surface area (Å²) in [6.45, 7) is 0.923. The normalized spacial score (nSPS) is 15.0. The van der Waals surface area contributed by atoms with E-state index in [1.807, 2.05) is 0 Å². The van der Waals surface area contributed by atoms with E-state index in [0.717, 1.165) is 18.9 Å². The smallest absolute Gasteiger partial charge is 0.335 e. The molecule has 1 aromatic carbocycles. The van der Waals surface area contributed by atoms with Crippen LogP contribution in [0, 0.1) is 10.1 Å². The summed E-state index contributed by atoms with van der Waals surface area (Å²) in [4.78, 5) is 21.2. The lowest BCUT2D eigenvalue weighted by atomic mass is 10.1. The molecule has 0 saturated heterocycles. The van der Waals surface area contributed by atoms with Crippen LogP contribution in [-0.2, 0) is 4.74 Å². The van der Waals surface area contributed by atoms with E-state index >= 15 is 0 Å². The van der Waals surface area contributed by atoms with Crippen LogP contribution in [0.25, 0.3) is 0 Å². The molecular formula is C14H18N2O5. The zero-order valence-corrected chi connectivity index (χ0v) is 11.6. The fourth-order valence-electron chi connectivity index (χ4n) is 2.43. The number of nitrogens with zero attached hydrogens (tertiary/aromatic N) is 1. The number of anilines is 1. The van der Waals surface area contributed by atoms with E-state index in [1.54, 1.807) is 0 Å². The molecule has 0 aliphatic heterocycles. The van der Waals surface area contributed by atoms with Crippen molar-refractivity contribution in [3.8, 4) is 0 Å². The van der Waals surface area contributed by atoms with E-state index in [9.17, 15) is 14.9 Å². The predicted octanol–water partition coefficient (Wildman–Crippen LogP) is 2.66. The zero-order valence-electron chi connectivity index (χ0n) is 11.6. The number of carboxylic acids is 1. The third kappa shape index (κ3) is 4.16. The summed E-state index contributed by atoms with van der Waals surface area (Å²) in [5.74, 6) is -1.19. The molecule has 0 atom stereocenters. The Morgan fingerprint density at radius 2 is 2.14 bits per heavy atom. The fraction of sp³-hybridized carbons (Fsp3) is 0.500. The van der Waals surface area contributed by atoms with Gasteiger partial charge in [0.15, 0.2) is 0 Å². The fourth-order valence-corrected chi connectivity index (χ4v) is 2.43. The summed E-state index contributed by atoms with van der Waals surface area (Å²) in [5, 5.41) is 22.8. The Hall–Kier alpha value is -2.15. The second-order valence-corrected chi connectivity index (χ2v) is 5.00. The van der Waals surface area contributed by atoms with E-state index in [-0.39, 0.29) is 11.3 Å². The Kier molecular flexibility index (Phi) is 5.10. The van der Waals surface area contributed by atoms with Crippen LogP contribution < -0.4 is 5.32 Å². The molecule has 2 rings (SSSR count). The molecule has 1 fully saturated rings. The van der Waals surface area contributed by atoms with Gasteiger partial charge < -0.3 is 15.2 Å². The number of ether oxygens (including phenoxy) is 1. The summed E-state index contributed by atoms with van der Waals surface area (Å²) in [6.07, 6.45) is 4.85. The maximum absolute atomic E-state index is 11.0. The predicted molar refractivity (Wildman–Crippen MR) is 76.8 cm³/mol. The van der Waals surface area contributed by atoms with Gasteiger partial charge in [-0.15, -0.1) is 0 Å². The molecule has 0 spiro atoms. The standard InChI is InChI=1S/C14H18N2O5/c17-14(18)10-5-6-12(13(9-10)16(19)20)15-7-8-21-11-3-1-2-4-11/h5-6,9,11,15H,1-4,7-8H2,(H,17,18). The van der Waals surface area contributed by atoms with Crippen molar-refractivity contribution in [2.45, 2.75) is 31.8 Å². The first-order valence-electron chi connectivity index (χ1n) is 6.95. The summed E-state index contributed by atoms with van der Waals surface area (Å²) in [6, 6.07) is 3.81. The Morgan fingerprint density at radius 1 is 1.43 bits per heavy atom. The van der Waals surface area contributed by atoms with Crippen molar-refractivity contribution in [2.75, 3.05) is 18.5 Å². The highest BCUT2D eigenvalue weighted by atomic mass is 16.6. The van der Waals surface area contributed by atoms with Gasteiger partial charge in [0.25, 0.3) is 5.69 Å². The molecule has 21 heavy (non-hydrogen) atoms. The van der Waals surface area contributed by atoms with Gasteiger partial charge in [0, 0.05) is 12.6 Å². The number of rotatable bonds is 7. The lowest BCUT2D eigenvalue weighted by Crippen LogP contribution is -2.16. The van der Waals surface area contributed by atoms with Gasteiger partial charge in [-0.1, -0.05) is 12.8 Å². The minimum atomic E-state index is -1.19. The maximum atomic E-state index is 11.0. The summed E-state index contributed by atoms with van der Waals surface area (Å²) in [5.41, 5.74) is -0.0368. The molecule has 0 heterocycles. The van der Waals surface area contributed by atoms with Crippen LogP contribution >= 0.6 is 0 Å². The highest BCUT2D eigenvalue weighted by Crippen LogP contribution is 2.25. The van der Waals surface area contributed by atoms with Crippen molar-refractivity contribution in [3.05, 3.63) is 33.9 Å². The number of carbonyl (C=O) groups is 1. The maximum Gasteiger partial charge on any atom is 0.335 e. The molecule has 1 aliphatic carbocycles. The molecule has 0 bridgehead atoms. The van der Waals surface area contributed by atoms with Crippen LogP contribution in [-0.4, -0.2) is 35.3 Å². The highest BCUT2D eigenvalue weighted by Gasteiger charge is 2.18. The van der Waals surface area contributed by atoms with E-state index in [0.29, 0.717) is 24.9 Å². The van der Waals surface area contributed by atoms with Gasteiger partial charge in [-0.25, -0.2) is 4.79 Å². The molecule has 7 nitrogen and oxygen atoms in total. The molecule has 1 saturated carbocycles. The molecule has 1 aliphatic rings. The van der Waals surface area contributed by atoms with Gasteiger partial charge in [-0.2, -0.15) is 0 Å². The van der Waals surface area contributed by atoms with Crippen LogP contribution in [0.3, 0.4) is 0 Å². The minimum absolute atomic E-state index is 0.102. The van der Waals surface area contributed by atoms with E-state index in [1.165, 1.54) is 25.0 Å². The van der Waals surface area contributed by atoms with Gasteiger partial charge >= 0.3 is 5.97 Å². The average Bonchev–Trinajstić information content (AvgIpc) is 2.96. The monoisotopic (exact) mass is 294 g/mol. The molecule has 0 aromatic heterocycles. The summed E-state index contributed by atoms with van der Waals surface area (Å²) < 4.78 is 5.66. The third-order valence-corrected chi connectivity index (χ3v) is 3.51. The Balaban J connectivity index is 1.92. The number of aromatic carboxylic acids is 1. The molecule has 114 valence electrons. The first kappa shape index (κ1) is 15.2. The molecule has 0 radical (unpaired) electrons. The Bertz CT molecular complexity index is 526. The lowest BCUT2D eigenvalue weighted by molar-refractivity contribution is -0.384. The van der Waals surface area contributed by atoms with E-state index in [4.69, 9.17) is 9.84 Å². The minimum Gasteiger partial charge on any atom is -0.478 e. The van der Waals surface area contributed by atoms with Gasteiger partial charge in [0.1, 0.15) is 5.69 Å². The lowest BCUT2D eigenvalue weighted by Gasteiger charge is -2.12. The van der Waals surface area contributed by atoms with Gasteiger partial charge in [0.2, 0.25) is 0 Å². The van der Waals surface area contributed by atoms with Crippen LogP contribution in [0.15, 0.2) is 18.2 Å². The number of benzene rings is 1. The van der Waals surface area contributed by atoms with Gasteiger partial charge in [-0.3, -0.25) is 10.1 Å². The summed E-state index contributed by atoms with van der Waals surface area (Å²) in [7, 11) is 0. The molecule has 0 unspecified atom stereocenters. The molecule has 7 heteroatoms. The second kappa shape index (κ2) is 7.03. The quantitative estimate of drug-likeness (QED) is 0.455. The first-order valence-corrected chi connectivity index (χ1v) is 6.95. The van der Waals surface area contributed by atoms with Crippen molar-refractivity contribution in [3.63, 3.8) is 0 Å². The van der Waals surface area contributed by atoms with Gasteiger partial charge in [0.05, 0.1) is 23.2 Å². The van der Waals surface area contributed by atoms with Crippen molar-refractivity contribution < 1.29 is 19.6 Å². The zero-order chi connectivity index (χ0) is 15.2. The van der Waals surface area contributed by atoms with Crippen LogP contribution in [0.2, 0.25) is 0 Å². The van der Waals surface area contributed by atoms with Crippen molar-refractivity contribution in [2.24, 2.45) is 0 Å². The Labute approximate surface area is 122 Å². The molecule has 0 amide bonds. The Morgan fingerprint density at radius 3 is 2.76 bits per heavy atom. The molecule has 1 aromatic rings. The van der Waals surface area contributed by atoms with Crippen molar-refractivity contribution >= 4 is 17.3 Å². The second-order valence-electron chi connectivity index (χ2n) is 5.00. The number of hydrogen-bond acceptors (Lipinski definition) is 5. The van der Waals surface area contributed by atoms with Crippen molar-refractivity contribution in [1.82, 2.24) is 0 Å². The van der Waals surface area contributed by atoms with E-state index < -0.39 is 10.9 Å². The van der Waals surface area contributed by atoms with Crippen molar-refractivity contribution in [1.29, 1.82) is 0 Å². The first-order chi connectivity index (χ1) is 10.1. The number of nitro groups is 1. The molecule has 2 N–H and O–H groups in total. The SMILES string of the molecule is O=C(O)c1ccc(NCCOC2CCCC2)c([N+](=O)[O-])c1. The number of nitro benzene ring substituents is 1. The molecular weight excluding hydrogens is 276 g/mol. The highest BCUT2D eigenvalue weighted by molar-refractivity contribution is 5.89. The largest absolute Gasteiger partial charge is 0.478 e.